The van der Waals surface area contributed by atoms with Crippen molar-refractivity contribution in [1.82, 2.24) is 4.90 Å². The topological polar surface area (TPSA) is 59.5 Å². The molecule has 1 aliphatic heterocycles. The number of nitrogens with zero attached hydrogens (tertiary/aromatic N) is 1. The number of hydrogen-bond donors (Lipinski definition) is 1. The first-order valence-corrected chi connectivity index (χ1v) is 4.86. The van der Waals surface area contributed by atoms with Gasteiger partial charge in [0.1, 0.15) is 0 Å². The van der Waals surface area contributed by atoms with Crippen molar-refractivity contribution in [2.24, 2.45) is 5.73 Å². The normalized spacial score (nSPS) is 22.4. The number of piperidine rings is 1. The molecule has 0 aliphatic carbocycles. The smallest absolute Gasteiger partial charge is 0.289 e. The van der Waals surface area contributed by atoms with Gasteiger partial charge in [0.25, 0.3) is 5.91 Å². The van der Waals surface area contributed by atoms with Crippen LogP contribution in [0.15, 0.2) is 22.8 Å². The zero-order valence-electron chi connectivity index (χ0n) is 7.98. The van der Waals surface area contributed by atoms with Crippen molar-refractivity contribution in [3.63, 3.8) is 0 Å². The number of carbonyl (C=O) groups excluding carboxylic acids is 1. The van der Waals surface area contributed by atoms with Gasteiger partial charge in [-0.15, -0.1) is 0 Å². The summed E-state index contributed by atoms with van der Waals surface area (Å²) in [4.78, 5) is 13.5. The van der Waals surface area contributed by atoms with Crippen molar-refractivity contribution >= 4 is 5.91 Å². The van der Waals surface area contributed by atoms with Crippen LogP contribution < -0.4 is 5.73 Å². The lowest BCUT2D eigenvalue weighted by Gasteiger charge is -2.29. The first-order valence-electron chi connectivity index (χ1n) is 4.86. The van der Waals surface area contributed by atoms with Crippen molar-refractivity contribution in [2.45, 2.75) is 18.9 Å². The first kappa shape index (κ1) is 9.27. The molecule has 2 N–H and O–H groups in total. The highest BCUT2D eigenvalue weighted by atomic mass is 16.3. The molecule has 2 heterocycles. The standard InChI is InChI=1S/C10H14N2O2/c11-8-3-1-5-12(7-8)10(13)9-4-2-6-14-9/h2,4,6,8H,1,3,5,7,11H2/t8-/m0/s1. The second kappa shape index (κ2) is 3.84. The van der Waals surface area contributed by atoms with Crippen LogP contribution in [0.4, 0.5) is 0 Å². The van der Waals surface area contributed by atoms with E-state index in [0.29, 0.717) is 12.3 Å². The number of amides is 1. The summed E-state index contributed by atoms with van der Waals surface area (Å²) in [5.41, 5.74) is 5.79. The van der Waals surface area contributed by atoms with Gasteiger partial charge in [-0.25, -0.2) is 0 Å². The molecule has 1 amide bonds. The lowest BCUT2D eigenvalue weighted by atomic mass is 10.1. The van der Waals surface area contributed by atoms with Crippen LogP contribution in [0.25, 0.3) is 0 Å². The highest BCUT2D eigenvalue weighted by Crippen LogP contribution is 2.12. The molecule has 0 aromatic carbocycles. The van der Waals surface area contributed by atoms with Crippen LogP contribution in [0.5, 0.6) is 0 Å². The molecule has 4 nitrogen and oxygen atoms in total. The number of carbonyl (C=O) groups is 1. The molecule has 0 bridgehead atoms. The van der Waals surface area contributed by atoms with Crippen molar-refractivity contribution in [1.29, 1.82) is 0 Å². The molecule has 1 saturated heterocycles. The van der Waals surface area contributed by atoms with E-state index >= 15 is 0 Å². The predicted octanol–water partition coefficient (Wildman–Crippen LogP) is 0.843. The monoisotopic (exact) mass is 194 g/mol. The maximum atomic E-state index is 11.8. The molecule has 0 unspecified atom stereocenters. The second-order valence-corrected chi connectivity index (χ2v) is 3.63. The SMILES string of the molecule is N[C@H]1CCCN(C(=O)c2ccco2)C1. The largest absolute Gasteiger partial charge is 0.459 e. The van der Waals surface area contributed by atoms with Gasteiger partial charge in [0, 0.05) is 19.1 Å². The van der Waals surface area contributed by atoms with E-state index in [9.17, 15) is 4.79 Å². The summed E-state index contributed by atoms with van der Waals surface area (Å²) < 4.78 is 5.05. The molecule has 0 radical (unpaired) electrons. The fourth-order valence-corrected chi connectivity index (χ4v) is 1.75. The van der Waals surface area contributed by atoms with Crippen LogP contribution in [0.1, 0.15) is 23.4 Å². The van der Waals surface area contributed by atoms with Crippen LogP contribution in [-0.4, -0.2) is 29.9 Å². The zero-order chi connectivity index (χ0) is 9.97. The third-order valence-corrected chi connectivity index (χ3v) is 2.48. The summed E-state index contributed by atoms with van der Waals surface area (Å²) in [7, 11) is 0. The molecular weight excluding hydrogens is 180 g/mol. The average molecular weight is 194 g/mol. The van der Waals surface area contributed by atoms with E-state index in [1.54, 1.807) is 17.0 Å². The van der Waals surface area contributed by atoms with Crippen LogP contribution >= 0.6 is 0 Å². The third kappa shape index (κ3) is 1.80. The lowest BCUT2D eigenvalue weighted by Crippen LogP contribution is -2.45. The summed E-state index contributed by atoms with van der Waals surface area (Å²) in [6.07, 6.45) is 3.49. The van der Waals surface area contributed by atoms with E-state index in [1.807, 2.05) is 0 Å². The minimum atomic E-state index is -0.0508. The molecule has 1 atom stereocenters. The quantitative estimate of drug-likeness (QED) is 0.720. The van der Waals surface area contributed by atoms with Crippen molar-refractivity contribution in [2.75, 3.05) is 13.1 Å². The molecular formula is C10H14N2O2. The Balaban J connectivity index is 2.04. The Bertz CT molecular complexity index is 308. The maximum absolute atomic E-state index is 11.8. The summed E-state index contributed by atoms with van der Waals surface area (Å²) in [6, 6.07) is 3.52. The van der Waals surface area contributed by atoms with Crippen LogP contribution in [0.2, 0.25) is 0 Å². The number of rotatable bonds is 1. The Kier molecular flexibility index (Phi) is 2.54. The fraction of sp³-hybridized carbons (Fsp3) is 0.500. The van der Waals surface area contributed by atoms with Gasteiger partial charge < -0.3 is 15.1 Å². The highest BCUT2D eigenvalue weighted by Gasteiger charge is 2.23. The van der Waals surface area contributed by atoms with Gasteiger partial charge in [-0.1, -0.05) is 0 Å². The summed E-state index contributed by atoms with van der Waals surface area (Å²) in [5.74, 6) is 0.351. The van der Waals surface area contributed by atoms with Gasteiger partial charge >= 0.3 is 0 Å². The number of likely N-dealkylation sites (tertiary alicyclic amines) is 1. The predicted molar refractivity (Wildman–Crippen MR) is 51.8 cm³/mol. The Morgan fingerprint density at radius 2 is 2.50 bits per heavy atom. The minimum Gasteiger partial charge on any atom is -0.459 e. The molecule has 76 valence electrons. The van der Waals surface area contributed by atoms with E-state index in [4.69, 9.17) is 10.2 Å². The molecule has 4 heteroatoms. The number of hydrogen-bond acceptors (Lipinski definition) is 3. The summed E-state index contributed by atoms with van der Waals surface area (Å²) in [6.45, 7) is 1.42. The third-order valence-electron chi connectivity index (χ3n) is 2.48. The van der Waals surface area contributed by atoms with E-state index in [0.717, 1.165) is 19.4 Å². The molecule has 0 saturated carbocycles. The molecule has 2 rings (SSSR count). The van der Waals surface area contributed by atoms with Gasteiger partial charge in [0.05, 0.1) is 6.26 Å². The van der Waals surface area contributed by atoms with Gasteiger partial charge in [-0.05, 0) is 25.0 Å². The Labute approximate surface area is 82.7 Å². The van der Waals surface area contributed by atoms with Gasteiger partial charge in [0.2, 0.25) is 0 Å². The number of furan rings is 1. The maximum Gasteiger partial charge on any atom is 0.289 e. The molecule has 14 heavy (non-hydrogen) atoms. The molecule has 1 aliphatic rings. The van der Waals surface area contributed by atoms with E-state index in [-0.39, 0.29) is 11.9 Å². The minimum absolute atomic E-state index is 0.0508. The molecule has 1 aromatic heterocycles. The van der Waals surface area contributed by atoms with Gasteiger partial charge in [-0.3, -0.25) is 4.79 Å². The molecule has 0 spiro atoms. The lowest BCUT2D eigenvalue weighted by molar-refractivity contribution is 0.0676. The fourth-order valence-electron chi connectivity index (χ4n) is 1.75. The van der Waals surface area contributed by atoms with Crippen molar-refractivity contribution < 1.29 is 9.21 Å². The summed E-state index contributed by atoms with van der Waals surface area (Å²) >= 11 is 0. The van der Waals surface area contributed by atoms with Crippen LogP contribution in [0.3, 0.4) is 0 Å². The van der Waals surface area contributed by atoms with Crippen molar-refractivity contribution in [3.05, 3.63) is 24.2 Å². The van der Waals surface area contributed by atoms with Crippen LogP contribution in [-0.2, 0) is 0 Å². The van der Waals surface area contributed by atoms with E-state index < -0.39 is 0 Å². The Morgan fingerprint density at radius 1 is 1.64 bits per heavy atom. The summed E-state index contributed by atoms with van der Waals surface area (Å²) in [5, 5.41) is 0. The van der Waals surface area contributed by atoms with E-state index in [2.05, 4.69) is 0 Å². The van der Waals surface area contributed by atoms with Gasteiger partial charge in [0.15, 0.2) is 5.76 Å². The first-order chi connectivity index (χ1) is 6.77. The second-order valence-electron chi connectivity index (χ2n) is 3.63. The molecule has 1 aromatic rings. The number of nitrogens with two attached hydrogens (primary N) is 1. The Morgan fingerprint density at radius 3 is 3.14 bits per heavy atom. The Hall–Kier alpha value is -1.29. The van der Waals surface area contributed by atoms with Crippen molar-refractivity contribution in [3.8, 4) is 0 Å². The van der Waals surface area contributed by atoms with Gasteiger partial charge in [-0.2, -0.15) is 0 Å². The average Bonchev–Trinajstić information content (AvgIpc) is 2.69. The highest BCUT2D eigenvalue weighted by molar-refractivity contribution is 5.91. The van der Waals surface area contributed by atoms with Crippen LogP contribution in [0, 0.1) is 0 Å². The zero-order valence-corrected chi connectivity index (χ0v) is 7.98. The molecule has 1 fully saturated rings. The van der Waals surface area contributed by atoms with E-state index in [1.165, 1.54) is 6.26 Å².